The zero-order valence-electron chi connectivity index (χ0n) is 14.7. The maximum atomic E-state index is 13.3. The number of carbonyl (C=O) groups excluding carboxylic acids is 1. The van der Waals surface area contributed by atoms with Gasteiger partial charge >= 0.3 is 6.57 Å². The molecule has 0 aliphatic carbocycles. The summed E-state index contributed by atoms with van der Waals surface area (Å²) in [6, 6.07) is 15.4. The number of ether oxygens (including phenoxy) is 1. The minimum absolute atomic E-state index is 0.272. The summed E-state index contributed by atoms with van der Waals surface area (Å²) in [6.45, 7) is 0.337. The van der Waals surface area contributed by atoms with Gasteiger partial charge in [0.1, 0.15) is 5.75 Å². The fourth-order valence-corrected chi connectivity index (χ4v) is 4.93. The Hall–Kier alpha value is -1.75. The molecule has 0 heterocycles. The zero-order chi connectivity index (χ0) is 18.4. The number of hydrogen-bond acceptors (Lipinski definition) is 5. The normalized spacial score (nSPS) is 13.3. The number of hydrogen-bond donors (Lipinski definition) is 0. The highest BCUT2D eigenvalue weighted by atomic mass is 32.7. The van der Waals surface area contributed by atoms with Crippen LogP contribution in [0.4, 0.5) is 0 Å². The molecular formula is C18H22NO4PS. The second-order valence-corrected chi connectivity index (χ2v) is 10.1. The number of nitrogens with zero attached hydrogens (tertiary/aromatic N) is 1. The molecule has 0 saturated heterocycles. The fraction of sp³-hybridized carbons (Fsp3) is 0.278. The lowest BCUT2D eigenvalue weighted by atomic mass is 10.2. The summed E-state index contributed by atoms with van der Waals surface area (Å²) >= 11 is 1.10. The van der Waals surface area contributed by atoms with Crippen LogP contribution in [0.1, 0.15) is 24.2 Å². The summed E-state index contributed by atoms with van der Waals surface area (Å²) in [5.41, 5.74) is 0.485. The predicted molar refractivity (Wildman–Crippen MR) is 103 cm³/mol. The van der Waals surface area contributed by atoms with Gasteiger partial charge in [-0.05, 0) is 56.5 Å². The van der Waals surface area contributed by atoms with E-state index in [4.69, 9.17) is 9.36 Å². The molecule has 0 radical (unpaired) electrons. The molecule has 1 amide bonds. The molecule has 0 bridgehead atoms. The van der Waals surface area contributed by atoms with Gasteiger partial charge in [-0.15, -0.1) is 0 Å². The van der Waals surface area contributed by atoms with Crippen molar-refractivity contribution >= 4 is 29.2 Å². The predicted octanol–water partition coefficient (Wildman–Crippen LogP) is 4.36. The Morgan fingerprint density at radius 1 is 1.08 bits per heavy atom. The summed E-state index contributed by atoms with van der Waals surface area (Å²) < 4.78 is 24.3. The molecule has 0 aliphatic rings. The largest absolute Gasteiger partial charge is 0.497 e. The van der Waals surface area contributed by atoms with Crippen molar-refractivity contribution in [3.8, 4) is 5.75 Å². The van der Waals surface area contributed by atoms with E-state index in [9.17, 15) is 9.36 Å². The molecule has 7 heteroatoms. The highest BCUT2D eigenvalue weighted by molar-refractivity contribution is 8.58. The lowest BCUT2D eigenvalue weighted by Gasteiger charge is -2.29. The van der Waals surface area contributed by atoms with E-state index >= 15 is 0 Å². The van der Waals surface area contributed by atoms with E-state index in [1.165, 1.54) is 5.06 Å². The van der Waals surface area contributed by atoms with E-state index in [1.807, 2.05) is 19.9 Å². The number of methoxy groups -OCH3 is 1. The molecular weight excluding hydrogens is 357 g/mol. The minimum Gasteiger partial charge on any atom is -0.497 e. The van der Waals surface area contributed by atoms with Gasteiger partial charge in [0.05, 0.1) is 13.2 Å². The molecule has 1 unspecified atom stereocenters. The standard InChI is InChI=1S/C18H22NO4PS/c1-14(2)19(18(20)15-8-6-5-7-9-15)23-24(21,25-4)17-12-10-16(22-3)11-13-17/h5-14H,1-4H3. The first kappa shape index (κ1) is 19.6. The molecule has 25 heavy (non-hydrogen) atoms. The van der Waals surface area contributed by atoms with Crippen LogP contribution in [0.3, 0.4) is 0 Å². The molecule has 0 fully saturated rings. The van der Waals surface area contributed by atoms with Crippen LogP contribution in [0, 0.1) is 0 Å². The van der Waals surface area contributed by atoms with Crippen molar-refractivity contribution in [2.24, 2.45) is 0 Å². The van der Waals surface area contributed by atoms with Gasteiger partial charge in [0.2, 0.25) is 0 Å². The molecule has 5 nitrogen and oxygen atoms in total. The average Bonchev–Trinajstić information content (AvgIpc) is 2.66. The summed E-state index contributed by atoms with van der Waals surface area (Å²) in [7, 11) is 1.57. The van der Waals surface area contributed by atoms with Crippen LogP contribution in [0.25, 0.3) is 0 Å². The van der Waals surface area contributed by atoms with Gasteiger partial charge in [-0.25, -0.2) is 5.06 Å². The van der Waals surface area contributed by atoms with Gasteiger partial charge in [0.15, 0.2) is 0 Å². The first-order valence-corrected chi connectivity index (χ1v) is 11.3. The zero-order valence-corrected chi connectivity index (χ0v) is 16.4. The van der Waals surface area contributed by atoms with Crippen molar-refractivity contribution in [1.82, 2.24) is 5.06 Å². The highest BCUT2D eigenvalue weighted by Crippen LogP contribution is 2.58. The third-order valence-corrected chi connectivity index (χ3v) is 7.59. The number of carbonyl (C=O) groups is 1. The third-order valence-electron chi connectivity index (χ3n) is 3.51. The first-order valence-electron chi connectivity index (χ1n) is 7.80. The Kier molecular flexibility index (Phi) is 6.71. The molecule has 0 aromatic heterocycles. The quantitative estimate of drug-likeness (QED) is 0.528. The molecule has 1 atom stereocenters. The van der Waals surface area contributed by atoms with Gasteiger partial charge in [-0.3, -0.25) is 9.36 Å². The van der Waals surface area contributed by atoms with Crippen LogP contribution in [0.2, 0.25) is 0 Å². The van der Waals surface area contributed by atoms with Crippen molar-refractivity contribution in [2.75, 3.05) is 13.4 Å². The van der Waals surface area contributed by atoms with E-state index in [0.29, 0.717) is 16.6 Å². The molecule has 134 valence electrons. The van der Waals surface area contributed by atoms with Crippen LogP contribution in [-0.2, 0) is 9.19 Å². The van der Waals surface area contributed by atoms with Gasteiger partial charge in [0, 0.05) is 10.9 Å². The molecule has 2 aromatic rings. The molecule has 0 spiro atoms. The van der Waals surface area contributed by atoms with Gasteiger partial charge in [-0.2, -0.15) is 4.62 Å². The maximum absolute atomic E-state index is 13.3. The van der Waals surface area contributed by atoms with Crippen molar-refractivity contribution in [2.45, 2.75) is 19.9 Å². The number of amides is 1. The van der Waals surface area contributed by atoms with Crippen molar-refractivity contribution < 1.29 is 18.7 Å². The molecule has 2 rings (SSSR count). The van der Waals surface area contributed by atoms with Crippen molar-refractivity contribution in [1.29, 1.82) is 0 Å². The summed E-state index contributed by atoms with van der Waals surface area (Å²) in [5, 5.41) is 1.71. The maximum Gasteiger partial charge on any atom is 0.308 e. The highest BCUT2D eigenvalue weighted by Gasteiger charge is 2.33. The number of rotatable bonds is 7. The van der Waals surface area contributed by atoms with Gasteiger partial charge in [0.25, 0.3) is 5.91 Å². The summed E-state index contributed by atoms with van der Waals surface area (Å²) in [6.07, 6.45) is 1.70. The summed E-state index contributed by atoms with van der Waals surface area (Å²) in [4.78, 5) is 12.8. The Balaban J connectivity index is 2.31. The van der Waals surface area contributed by atoms with Crippen molar-refractivity contribution in [3.63, 3.8) is 0 Å². The Morgan fingerprint density at radius 2 is 1.68 bits per heavy atom. The van der Waals surface area contributed by atoms with E-state index in [1.54, 1.807) is 61.9 Å². The SMILES string of the molecule is COc1ccc(P(=O)(ON(C(=O)c2ccccc2)C(C)C)SC)cc1. The van der Waals surface area contributed by atoms with Crippen LogP contribution in [0.15, 0.2) is 54.6 Å². The Morgan fingerprint density at radius 3 is 2.16 bits per heavy atom. The van der Waals surface area contributed by atoms with E-state index in [2.05, 4.69) is 0 Å². The second kappa shape index (κ2) is 8.56. The second-order valence-electron chi connectivity index (χ2n) is 5.55. The van der Waals surface area contributed by atoms with Crippen molar-refractivity contribution in [3.05, 3.63) is 60.2 Å². The molecule has 2 aromatic carbocycles. The van der Waals surface area contributed by atoms with Crippen LogP contribution in [0.5, 0.6) is 5.75 Å². The van der Waals surface area contributed by atoms with E-state index in [-0.39, 0.29) is 11.9 Å². The van der Waals surface area contributed by atoms with Gasteiger partial charge < -0.3 is 4.74 Å². The topological polar surface area (TPSA) is 55.8 Å². The summed E-state index contributed by atoms with van der Waals surface area (Å²) in [5.74, 6) is 0.343. The first-order chi connectivity index (χ1) is 11.9. The Bertz CT molecular complexity index is 749. The lowest BCUT2D eigenvalue weighted by Crippen LogP contribution is -2.36. The minimum atomic E-state index is -3.30. The van der Waals surface area contributed by atoms with E-state index < -0.39 is 6.57 Å². The third kappa shape index (κ3) is 4.66. The van der Waals surface area contributed by atoms with Crippen LogP contribution in [-0.4, -0.2) is 30.4 Å². The molecule has 0 saturated carbocycles. The number of hydroxylamine groups is 2. The molecule has 0 N–H and O–H groups in total. The smallest absolute Gasteiger partial charge is 0.308 e. The number of benzene rings is 2. The van der Waals surface area contributed by atoms with Gasteiger partial charge in [-0.1, -0.05) is 29.6 Å². The van der Waals surface area contributed by atoms with Crippen LogP contribution >= 0.6 is 18.0 Å². The fourth-order valence-electron chi connectivity index (χ4n) is 2.14. The molecule has 0 aliphatic heterocycles. The lowest BCUT2D eigenvalue weighted by molar-refractivity contribution is -0.0474. The average molecular weight is 379 g/mol. The van der Waals surface area contributed by atoms with Crippen LogP contribution < -0.4 is 10.0 Å². The monoisotopic (exact) mass is 379 g/mol. The van der Waals surface area contributed by atoms with E-state index in [0.717, 1.165) is 11.4 Å². The Labute approximate surface area is 152 Å².